The molecule has 0 bridgehead atoms. The van der Waals surface area contributed by atoms with E-state index in [4.69, 9.17) is 4.84 Å². The molecule has 1 aliphatic carbocycles. The van der Waals surface area contributed by atoms with E-state index in [9.17, 15) is 24.9 Å². The Hall–Kier alpha value is -3.69. The van der Waals surface area contributed by atoms with Gasteiger partial charge in [-0.1, -0.05) is 18.2 Å². The molecular weight excluding hydrogens is 458 g/mol. The molecule has 1 aromatic heterocycles. The molecule has 1 heterocycles. The average Bonchev–Trinajstić information content (AvgIpc) is 2.86. The Bertz CT molecular complexity index is 1300. The number of hydrogen-bond acceptors (Lipinski definition) is 6. The van der Waals surface area contributed by atoms with Crippen LogP contribution in [0.5, 0.6) is 0 Å². The fourth-order valence-electron chi connectivity index (χ4n) is 4.71. The lowest BCUT2D eigenvalue weighted by molar-refractivity contribution is -0.246. The van der Waals surface area contributed by atoms with Crippen LogP contribution in [-0.4, -0.2) is 32.2 Å². The number of aromatic nitrogens is 2. The lowest BCUT2D eigenvalue weighted by Gasteiger charge is -2.42. The zero-order chi connectivity index (χ0) is 26.5. The van der Waals surface area contributed by atoms with E-state index in [0.29, 0.717) is 43.2 Å². The molecule has 36 heavy (non-hydrogen) atoms. The first-order valence-electron chi connectivity index (χ1n) is 12.2. The molecule has 2 aromatic rings. The molecule has 0 radical (unpaired) electrons. The fourth-order valence-corrected chi connectivity index (χ4v) is 4.71. The number of nitrogens with one attached hydrogen (secondary N) is 1. The van der Waals surface area contributed by atoms with Gasteiger partial charge in [0.1, 0.15) is 0 Å². The van der Waals surface area contributed by atoms with Gasteiger partial charge in [-0.15, -0.1) is 0 Å². The van der Waals surface area contributed by atoms with Crippen LogP contribution in [0.1, 0.15) is 76.0 Å². The Morgan fingerprint density at radius 1 is 1.22 bits per heavy atom. The van der Waals surface area contributed by atoms with Crippen LogP contribution in [0, 0.1) is 29.6 Å². The minimum absolute atomic E-state index is 0.104. The van der Waals surface area contributed by atoms with Crippen LogP contribution < -0.4 is 11.2 Å². The van der Waals surface area contributed by atoms with Crippen molar-refractivity contribution in [3.63, 3.8) is 0 Å². The van der Waals surface area contributed by atoms with Crippen molar-refractivity contribution < 1.29 is 9.63 Å². The van der Waals surface area contributed by atoms with E-state index >= 15 is 0 Å². The van der Waals surface area contributed by atoms with E-state index < -0.39 is 16.7 Å². The van der Waals surface area contributed by atoms with Gasteiger partial charge in [0.15, 0.2) is 0 Å². The molecule has 9 heteroatoms. The lowest BCUT2D eigenvalue weighted by atomic mass is 9.68. The summed E-state index contributed by atoms with van der Waals surface area (Å²) in [5, 5.41) is 21.1. The van der Waals surface area contributed by atoms with E-state index in [-0.39, 0.29) is 30.5 Å². The number of aryl methyl sites for hydroxylation is 1. The number of H-pyrrole nitrogens is 1. The first-order valence-corrected chi connectivity index (χ1v) is 12.2. The zero-order valence-electron chi connectivity index (χ0n) is 21.3. The molecule has 1 aromatic carbocycles. The van der Waals surface area contributed by atoms with E-state index in [2.05, 4.69) is 17.1 Å². The first-order chi connectivity index (χ1) is 17.0. The summed E-state index contributed by atoms with van der Waals surface area (Å²) in [6, 6.07) is 11.6. The van der Waals surface area contributed by atoms with Gasteiger partial charge in [-0.25, -0.2) is 9.86 Å². The lowest BCUT2D eigenvalue weighted by Crippen LogP contribution is -2.48. The van der Waals surface area contributed by atoms with E-state index in [0.717, 1.165) is 10.1 Å². The van der Waals surface area contributed by atoms with Crippen molar-refractivity contribution in [1.82, 2.24) is 14.6 Å². The molecule has 3 rings (SSSR count). The van der Waals surface area contributed by atoms with Gasteiger partial charge in [0.25, 0.3) is 5.56 Å². The number of carbonyl (C=O) groups is 1. The summed E-state index contributed by atoms with van der Waals surface area (Å²) in [6.07, 6.45) is 3.88. The molecule has 0 aliphatic heterocycles. The van der Waals surface area contributed by atoms with Gasteiger partial charge in [-0.2, -0.15) is 10.5 Å². The quantitative estimate of drug-likeness (QED) is 0.590. The van der Waals surface area contributed by atoms with Gasteiger partial charge in [-0.05, 0) is 71.4 Å². The Morgan fingerprint density at radius 2 is 1.89 bits per heavy atom. The number of hydroxylamine groups is 2. The third kappa shape index (κ3) is 5.92. The molecule has 0 atom stereocenters. The largest absolute Gasteiger partial charge is 0.328 e. The van der Waals surface area contributed by atoms with Crippen molar-refractivity contribution in [3.05, 3.63) is 68.0 Å². The third-order valence-electron chi connectivity index (χ3n) is 6.55. The van der Waals surface area contributed by atoms with Crippen LogP contribution in [0.25, 0.3) is 0 Å². The highest BCUT2D eigenvalue weighted by molar-refractivity contribution is 5.75. The molecule has 0 unspecified atom stereocenters. The van der Waals surface area contributed by atoms with Crippen LogP contribution in [0.4, 0.5) is 0 Å². The Labute approximate surface area is 210 Å². The average molecular weight is 492 g/mol. The second-order valence-corrected chi connectivity index (χ2v) is 10.3. The number of nitrogens with zero attached hydrogens (tertiary/aromatic N) is 4. The smallest absolute Gasteiger partial charge is 0.314 e. The Morgan fingerprint density at radius 3 is 2.50 bits per heavy atom. The van der Waals surface area contributed by atoms with Gasteiger partial charge in [-0.3, -0.25) is 19.0 Å². The summed E-state index contributed by atoms with van der Waals surface area (Å²) < 4.78 is 1.10. The van der Waals surface area contributed by atoms with Crippen molar-refractivity contribution in [1.29, 1.82) is 10.5 Å². The highest BCUT2D eigenvalue weighted by Crippen LogP contribution is 2.42. The Kier molecular flexibility index (Phi) is 8.17. The number of aromatic amines is 1. The minimum Gasteiger partial charge on any atom is -0.314 e. The molecule has 0 saturated heterocycles. The monoisotopic (exact) mass is 491 g/mol. The molecule has 1 saturated carbocycles. The predicted octanol–water partition coefficient (Wildman–Crippen LogP) is 3.46. The molecule has 1 fully saturated rings. The maximum Gasteiger partial charge on any atom is 0.328 e. The number of rotatable bonds is 7. The van der Waals surface area contributed by atoms with E-state index in [1.165, 1.54) is 11.3 Å². The van der Waals surface area contributed by atoms with Gasteiger partial charge in [0.2, 0.25) is 5.91 Å². The second-order valence-electron chi connectivity index (χ2n) is 10.3. The summed E-state index contributed by atoms with van der Waals surface area (Å²) in [5.74, 6) is -0.228. The maximum atomic E-state index is 13.3. The second kappa shape index (κ2) is 10.9. The van der Waals surface area contributed by atoms with Crippen molar-refractivity contribution in [2.75, 3.05) is 0 Å². The summed E-state index contributed by atoms with van der Waals surface area (Å²) in [6.45, 7) is 7.34. The molecule has 1 N–H and O–H groups in total. The maximum absolute atomic E-state index is 13.3. The fraction of sp³-hybridized carbons (Fsp3) is 0.519. The summed E-state index contributed by atoms with van der Waals surface area (Å²) in [7, 11) is 0. The zero-order valence-corrected chi connectivity index (χ0v) is 21.3. The number of nitriles is 2. The van der Waals surface area contributed by atoms with Crippen LogP contribution in [0.2, 0.25) is 0 Å². The summed E-state index contributed by atoms with van der Waals surface area (Å²) in [5.41, 5.74) is -0.607. The van der Waals surface area contributed by atoms with Crippen LogP contribution >= 0.6 is 0 Å². The topological polar surface area (TPSA) is 132 Å². The van der Waals surface area contributed by atoms with Crippen LogP contribution in [-0.2, 0) is 21.6 Å². The molecule has 9 nitrogen and oxygen atoms in total. The van der Waals surface area contributed by atoms with Crippen LogP contribution in [0.3, 0.4) is 0 Å². The Balaban J connectivity index is 1.74. The van der Waals surface area contributed by atoms with E-state index in [1.54, 1.807) is 19.1 Å². The molecule has 0 spiro atoms. The normalized spacial score (nSPS) is 19.8. The number of carbonyl (C=O) groups excluding carboxylic acids is 1. The highest BCUT2D eigenvalue weighted by atomic mass is 16.7. The number of benzene rings is 1. The van der Waals surface area contributed by atoms with Gasteiger partial charge in [0, 0.05) is 24.7 Å². The van der Waals surface area contributed by atoms with Gasteiger partial charge >= 0.3 is 5.69 Å². The van der Waals surface area contributed by atoms with Crippen LogP contribution in [0.15, 0.2) is 40.1 Å². The first kappa shape index (κ1) is 26.9. The van der Waals surface area contributed by atoms with Crippen molar-refractivity contribution in [3.8, 4) is 12.1 Å². The highest BCUT2D eigenvalue weighted by Gasteiger charge is 2.42. The van der Waals surface area contributed by atoms with Gasteiger partial charge < -0.3 is 4.98 Å². The van der Waals surface area contributed by atoms with Gasteiger partial charge in [0.05, 0.1) is 34.8 Å². The molecule has 1 aliphatic rings. The van der Waals surface area contributed by atoms with Crippen molar-refractivity contribution in [2.24, 2.45) is 0 Å². The molecule has 190 valence electrons. The molecule has 1 amide bonds. The summed E-state index contributed by atoms with van der Waals surface area (Å²) in [4.78, 5) is 46.2. The number of hydrogen-bond donors (Lipinski definition) is 1. The SMILES string of the molecule is Cc1c[nH]c(=O)n(CCCC(=O)N(OC(C)(C)C)C2CCC(C#N)(c3ccccc3C#N)CC2)c1=O. The standard InChI is InChI=1S/C27H33N5O4/c1-19-17-30-25(35)31(24(19)34)15-7-10-23(33)32(36-26(2,3)4)21-11-13-27(18-29,14-12-21)22-9-6-5-8-20(22)16-28/h5-6,8-9,17,21H,7,10-15H2,1-4H3,(H,30,35). The predicted molar refractivity (Wildman–Crippen MR) is 134 cm³/mol. The minimum atomic E-state index is -0.785. The van der Waals surface area contributed by atoms with Crippen molar-refractivity contribution >= 4 is 5.91 Å². The van der Waals surface area contributed by atoms with E-state index in [1.807, 2.05) is 32.9 Å². The third-order valence-corrected chi connectivity index (χ3v) is 6.55. The molecular formula is C27H33N5O4. The van der Waals surface area contributed by atoms with Crippen molar-refractivity contribution in [2.45, 2.75) is 89.8 Å². The summed E-state index contributed by atoms with van der Waals surface area (Å²) >= 11 is 0. The number of amides is 1.